The minimum atomic E-state index is 0.717. The van der Waals surface area contributed by atoms with Gasteiger partial charge in [-0.1, -0.05) is 29.8 Å². The molecule has 0 fully saturated rings. The average molecular weight is 273 g/mol. The molecule has 0 spiro atoms. The Morgan fingerprint density at radius 1 is 1.16 bits per heavy atom. The van der Waals surface area contributed by atoms with Crippen molar-refractivity contribution in [3.8, 4) is 0 Å². The number of anilines is 1. The van der Waals surface area contributed by atoms with Crippen molar-refractivity contribution in [1.82, 2.24) is 9.97 Å². The number of aryl methyl sites for hydroxylation is 2. The van der Waals surface area contributed by atoms with Gasteiger partial charge in [0.2, 0.25) is 5.95 Å². The van der Waals surface area contributed by atoms with Gasteiger partial charge < -0.3 is 5.32 Å². The van der Waals surface area contributed by atoms with Gasteiger partial charge in [0.25, 0.3) is 0 Å². The van der Waals surface area contributed by atoms with Crippen molar-refractivity contribution in [1.29, 1.82) is 0 Å². The van der Waals surface area contributed by atoms with Crippen molar-refractivity contribution in [2.75, 3.05) is 11.9 Å². The number of benzene rings is 1. The molecule has 0 bridgehead atoms. The molecule has 0 saturated carbocycles. The highest BCUT2D eigenvalue weighted by Gasteiger charge is 2.03. The molecule has 1 heterocycles. The maximum absolute atomic E-state index is 4.50. The van der Waals surface area contributed by atoms with Gasteiger partial charge in [-0.2, -0.15) is 0 Å². The zero-order valence-electron chi connectivity index (χ0n) is 11.6. The second-order valence-corrected chi connectivity index (χ2v) is 5.47. The van der Waals surface area contributed by atoms with Crippen molar-refractivity contribution in [3.05, 3.63) is 47.2 Å². The fraction of sp³-hybridized carbons (Fsp3) is 0.333. The lowest BCUT2D eigenvalue weighted by atomic mass is 10.2. The van der Waals surface area contributed by atoms with Crippen molar-refractivity contribution in [2.45, 2.75) is 31.6 Å². The van der Waals surface area contributed by atoms with Crippen LogP contribution in [0.15, 0.2) is 35.4 Å². The molecule has 1 N–H and O–H groups in total. The van der Waals surface area contributed by atoms with E-state index in [0.717, 1.165) is 23.0 Å². The van der Waals surface area contributed by atoms with Crippen LogP contribution in [-0.2, 0) is 5.75 Å². The number of rotatable bonds is 5. The van der Waals surface area contributed by atoms with E-state index in [1.165, 1.54) is 11.1 Å². The molecule has 0 radical (unpaired) electrons. The first-order valence-electron chi connectivity index (χ1n) is 6.45. The first-order valence-corrected chi connectivity index (χ1v) is 7.44. The number of nitrogens with one attached hydrogen (secondary N) is 1. The molecular weight excluding hydrogens is 254 g/mol. The lowest BCUT2D eigenvalue weighted by molar-refractivity contribution is 0.984. The molecule has 2 rings (SSSR count). The Labute approximate surface area is 118 Å². The van der Waals surface area contributed by atoms with Gasteiger partial charge in [0.05, 0.1) is 0 Å². The summed E-state index contributed by atoms with van der Waals surface area (Å²) in [6.45, 7) is 7.00. The van der Waals surface area contributed by atoms with Crippen LogP contribution in [0.4, 0.5) is 5.95 Å². The zero-order chi connectivity index (χ0) is 13.7. The monoisotopic (exact) mass is 273 g/mol. The topological polar surface area (TPSA) is 37.8 Å². The molecule has 0 atom stereocenters. The van der Waals surface area contributed by atoms with E-state index in [2.05, 4.69) is 46.5 Å². The second kappa shape index (κ2) is 6.57. The third-order valence-corrected chi connectivity index (χ3v) is 3.62. The van der Waals surface area contributed by atoms with Crippen molar-refractivity contribution in [2.24, 2.45) is 0 Å². The highest BCUT2D eigenvalue weighted by atomic mass is 32.2. The SMILES string of the molecule is CCNc1nc(C)cc(SCc2cccc(C)c2)n1. The number of hydrogen-bond acceptors (Lipinski definition) is 4. The first kappa shape index (κ1) is 13.9. The summed E-state index contributed by atoms with van der Waals surface area (Å²) in [4.78, 5) is 8.86. The van der Waals surface area contributed by atoms with Gasteiger partial charge in [0.15, 0.2) is 0 Å². The van der Waals surface area contributed by atoms with E-state index in [1.54, 1.807) is 11.8 Å². The molecular formula is C15H19N3S. The number of hydrogen-bond donors (Lipinski definition) is 1. The summed E-state index contributed by atoms with van der Waals surface area (Å²) in [5, 5.41) is 4.18. The maximum atomic E-state index is 4.50. The van der Waals surface area contributed by atoms with Crippen LogP contribution in [-0.4, -0.2) is 16.5 Å². The van der Waals surface area contributed by atoms with E-state index in [0.29, 0.717) is 5.95 Å². The van der Waals surface area contributed by atoms with Crippen LogP contribution in [0.1, 0.15) is 23.7 Å². The molecule has 1 aromatic heterocycles. The van der Waals surface area contributed by atoms with Crippen molar-refractivity contribution in [3.63, 3.8) is 0 Å². The summed E-state index contributed by atoms with van der Waals surface area (Å²) in [7, 11) is 0. The van der Waals surface area contributed by atoms with Crippen LogP contribution >= 0.6 is 11.8 Å². The Morgan fingerprint density at radius 2 is 2.00 bits per heavy atom. The molecule has 0 aliphatic rings. The number of nitrogens with zero attached hydrogens (tertiary/aromatic N) is 2. The summed E-state index contributed by atoms with van der Waals surface area (Å²) in [5.41, 5.74) is 3.62. The normalized spacial score (nSPS) is 10.5. The predicted octanol–water partition coefficient (Wildman–Crippen LogP) is 3.82. The highest BCUT2D eigenvalue weighted by Crippen LogP contribution is 2.22. The van der Waals surface area contributed by atoms with Crippen molar-refractivity contribution < 1.29 is 0 Å². The van der Waals surface area contributed by atoms with E-state index < -0.39 is 0 Å². The third-order valence-electron chi connectivity index (χ3n) is 2.63. The van der Waals surface area contributed by atoms with E-state index in [4.69, 9.17) is 0 Å². The number of aromatic nitrogens is 2. The second-order valence-electron chi connectivity index (χ2n) is 4.48. The lowest BCUT2D eigenvalue weighted by Crippen LogP contribution is -2.03. The Morgan fingerprint density at radius 3 is 2.74 bits per heavy atom. The maximum Gasteiger partial charge on any atom is 0.223 e. The van der Waals surface area contributed by atoms with E-state index in [1.807, 2.05) is 19.9 Å². The average Bonchev–Trinajstić information content (AvgIpc) is 2.36. The van der Waals surface area contributed by atoms with Gasteiger partial charge in [-0.25, -0.2) is 9.97 Å². The summed E-state index contributed by atoms with van der Waals surface area (Å²) in [6, 6.07) is 10.6. The Kier molecular flexibility index (Phi) is 4.80. The fourth-order valence-corrected chi connectivity index (χ4v) is 2.71. The van der Waals surface area contributed by atoms with Crippen molar-refractivity contribution >= 4 is 17.7 Å². The van der Waals surface area contributed by atoms with Gasteiger partial charge in [-0.3, -0.25) is 0 Å². The van der Waals surface area contributed by atoms with Gasteiger partial charge in [0, 0.05) is 18.0 Å². The molecule has 19 heavy (non-hydrogen) atoms. The Hall–Kier alpha value is -1.55. The summed E-state index contributed by atoms with van der Waals surface area (Å²) in [5.74, 6) is 1.65. The Balaban J connectivity index is 2.06. The molecule has 1 aromatic carbocycles. The van der Waals surface area contributed by atoms with E-state index in [9.17, 15) is 0 Å². The highest BCUT2D eigenvalue weighted by molar-refractivity contribution is 7.98. The molecule has 0 aliphatic heterocycles. The lowest BCUT2D eigenvalue weighted by Gasteiger charge is -2.06. The first-order chi connectivity index (χ1) is 9.17. The van der Waals surface area contributed by atoms with Crippen LogP contribution in [0.25, 0.3) is 0 Å². The minimum absolute atomic E-state index is 0.717. The third kappa shape index (κ3) is 4.24. The van der Waals surface area contributed by atoms with Gasteiger partial charge in [0.1, 0.15) is 5.03 Å². The standard InChI is InChI=1S/C15H19N3S/c1-4-16-15-17-12(3)9-14(18-15)19-10-13-7-5-6-11(2)8-13/h5-9H,4,10H2,1-3H3,(H,16,17,18). The molecule has 0 aliphatic carbocycles. The predicted molar refractivity (Wildman–Crippen MR) is 81.7 cm³/mol. The Bertz CT molecular complexity index is 555. The number of thioether (sulfide) groups is 1. The molecule has 0 amide bonds. The van der Waals surface area contributed by atoms with Crippen LogP contribution < -0.4 is 5.32 Å². The zero-order valence-corrected chi connectivity index (χ0v) is 12.4. The molecule has 0 unspecified atom stereocenters. The van der Waals surface area contributed by atoms with Gasteiger partial charge >= 0.3 is 0 Å². The fourth-order valence-electron chi connectivity index (χ4n) is 1.81. The molecule has 4 heteroatoms. The minimum Gasteiger partial charge on any atom is -0.354 e. The van der Waals surface area contributed by atoms with Crippen LogP contribution in [0.3, 0.4) is 0 Å². The molecule has 100 valence electrons. The summed E-state index contributed by atoms with van der Waals surface area (Å²) >= 11 is 1.75. The van der Waals surface area contributed by atoms with E-state index in [-0.39, 0.29) is 0 Å². The van der Waals surface area contributed by atoms with Gasteiger partial charge in [-0.05, 0) is 32.4 Å². The van der Waals surface area contributed by atoms with Crippen LogP contribution in [0.2, 0.25) is 0 Å². The smallest absolute Gasteiger partial charge is 0.223 e. The van der Waals surface area contributed by atoms with Crippen LogP contribution in [0.5, 0.6) is 0 Å². The summed E-state index contributed by atoms with van der Waals surface area (Å²) in [6.07, 6.45) is 0. The van der Waals surface area contributed by atoms with E-state index >= 15 is 0 Å². The molecule has 3 nitrogen and oxygen atoms in total. The van der Waals surface area contributed by atoms with Gasteiger partial charge in [-0.15, -0.1) is 11.8 Å². The molecule has 0 saturated heterocycles. The van der Waals surface area contributed by atoms with Crippen LogP contribution in [0, 0.1) is 13.8 Å². The summed E-state index contributed by atoms with van der Waals surface area (Å²) < 4.78 is 0. The largest absolute Gasteiger partial charge is 0.354 e. The molecule has 2 aromatic rings. The quantitative estimate of drug-likeness (QED) is 0.664.